The number of carbonyl (C=O) groups is 2. The molecule has 126 valence electrons. The highest BCUT2D eigenvalue weighted by Gasteiger charge is 2.18. The van der Waals surface area contributed by atoms with Crippen LogP contribution in [-0.2, 0) is 0 Å². The highest BCUT2D eigenvalue weighted by molar-refractivity contribution is 6.08. The predicted octanol–water partition coefficient (Wildman–Crippen LogP) is 2.66. The lowest BCUT2D eigenvalue weighted by Crippen LogP contribution is -2.15. The first kappa shape index (κ1) is 17.1. The van der Waals surface area contributed by atoms with Gasteiger partial charge in [-0.3, -0.25) is 4.79 Å². The normalized spacial score (nSPS) is 9.96. The number of aromatic carboxylic acids is 1. The Morgan fingerprint density at radius 1 is 0.958 bits per heavy atom. The van der Waals surface area contributed by atoms with E-state index in [2.05, 4.69) is 5.32 Å². The van der Waals surface area contributed by atoms with Gasteiger partial charge in [0.05, 0.1) is 32.6 Å². The van der Waals surface area contributed by atoms with Crippen molar-refractivity contribution in [1.29, 1.82) is 0 Å². The van der Waals surface area contributed by atoms with Gasteiger partial charge in [-0.05, 0) is 18.2 Å². The quantitative estimate of drug-likeness (QED) is 0.845. The van der Waals surface area contributed by atoms with Gasteiger partial charge in [-0.25, -0.2) is 4.79 Å². The summed E-state index contributed by atoms with van der Waals surface area (Å²) in [6.45, 7) is 0. The number of methoxy groups -OCH3 is 3. The molecule has 2 aromatic rings. The molecular weight excluding hydrogens is 314 g/mol. The zero-order valence-corrected chi connectivity index (χ0v) is 13.5. The van der Waals surface area contributed by atoms with Gasteiger partial charge in [-0.1, -0.05) is 6.07 Å². The molecule has 0 saturated heterocycles. The maximum Gasteiger partial charge on any atom is 0.337 e. The van der Waals surface area contributed by atoms with E-state index < -0.39 is 11.9 Å². The number of nitrogens with one attached hydrogen (secondary N) is 1. The standard InChI is InChI=1S/C17H17NO6/c1-22-11-6-4-5-10(7-11)16(19)18-13-9-15(24-3)14(23-2)8-12(13)17(20)21/h4-9H,1-3H3,(H,18,19)(H,20,21). The molecule has 0 saturated carbocycles. The second-order valence-corrected chi connectivity index (χ2v) is 4.74. The molecule has 0 aliphatic heterocycles. The van der Waals surface area contributed by atoms with Crippen LogP contribution in [0.5, 0.6) is 17.2 Å². The first-order valence-electron chi connectivity index (χ1n) is 6.95. The molecule has 0 aromatic heterocycles. The van der Waals surface area contributed by atoms with Crippen LogP contribution in [0.2, 0.25) is 0 Å². The van der Waals surface area contributed by atoms with Gasteiger partial charge in [0.1, 0.15) is 5.75 Å². The molecule has 0 aliphatic carbocycles. The Hall–Kier alpha value is -3.22. The van der Waals surface area contributed by atoms with Crippen LogP contribution >= 0.6 is 0 Å². The zero-order valence-electron chi connectivity index (χ0n) is 13.5. The number of hydrogen-bond acceptors (Lipinski definition) is 5. The molecule has 2 N–H and O–H groups in total. The molecule has 0 heterocycles. The Balaban J connectivity index is 2.40. The van der Waals surface area contributed by atoms with E-state index in [1.807, 2.05) is 0 Å². The third-order valence-electron chi connectivity index (χ3n) is 3.33. The summed E-state index contributed by atoms with van der Waals surface area (Å²) in [5.41, 5.74) is 0.331. The molecule has 2 rings (SSSR count). The third kappa shape index (κ3) is 3.57. The Morgan fingerprint density at radius 2 is 1.62 bits per heavy atom. The molecule has 0 bridgehead atoms. The first-order chi connectivity index (χ1) is 11.5. The molecule has 0 unspecified atom stereocenters. The molecular formula is C17H17NO6. The fourth-order valence-electron chi connectivity index (χ4n) is 2.12. The smallest absolute Gasteiger partial charge is 0.337 e. The van der Waals surface area contributed by atoms with E-state index in [1.54, 1.807) is 24.3 Å². The average Bonchev–Trinajstić information content (AvgIpc) is 2.60. The van der Waals surface area contributed by atoms with Crippen molar-refractivity contribution in [2.45, 2.75) is 0 Å². The summed E-state index contributed by atoms with van der Waals surface area (Å²) in [5.74, 6) is -0.577. The number of benzene rings is 2. The van der Waals surface area contributed by atoms with E-state index in [9.17, 15) is 14.7 Å². The van der Waals surface area contributed by atoms with E-state index in [1.165, 1.54) is 33.5 Å². The number of ether oxygens (including phenoxy) is 3. The average molecular weight is 331 g/mol. The van der Waals surface area contributed by atoms with Crippen LogP contribution in [-0.4, -0.2) is 38.3 Å². The van der Waals surface area contributed by atoms with E-state index in [0.29, 0.717) is 17.1 Å². The molecule has 1 amide bonds. The second kappa shape index (κ2) is 7.36. The van der Waals surface area contributed by atoms with Crippen LogP contribution in [0.25, 0.3) is 0 Å². The Kier molecular flexibility index (Phi) is 5.26. The Bertz CT molecular complexity index is 772. The number of anilines is 1. The van der Waals surface area contributed by atoms with Crippen molar-refractivity contribution in [2.75, 3.05) is 26.6 Å². The fourth-order valence-corrected chi connectivity index (χ4v) is 2.12. The van der Waals surface area contributed by atoms with Gasteiger partial charge >= 0.3 is 5.97 Å². The molecule has 0 fully saturated rings. The second-order valence-electron chi connectivity index (χ2n) is 4.74. The lowest BCUT2D eigenvalue weighted by molar-refractivity contribution is 0.0697. The minimum atomic E-state index is -1.20. The van der Waals surface area contributed by atoms with Crippen LogP contribution in [0.15, 0.2) is 36.4 Å². The fraction of sp³-hybridized carbons (Fsp3) is 0.176. The lowest BCUT2D eigenvalue weighted by atomic mass is 10.1. The number of carbonyl (C=O) groups excluding carboxylic acids is 1. The SMILES string of the molecule is COc1cccc(C(=O)Nc2cc(OC)c(OC)cc2C(=O)O)c1. The number of carboxylic acid groups (broad SMARTS) is 1. The summed E-state index contributed by atoms with van der Waals surface area (Å²) in [6, 6.07) is 9.22. The lowest BCUT2D eigenvalue weighted by Gasteiger charge is -2.14. The highest BCUT2D eigenvalue weighted by Crippen LogP contribution is 2.33. The molecule has 7 nitrogen and oxygen atoms in total. The van der Waals surface area contributed by atoms with Gasteiger partial charge < -0.3 is 24.6 Å². The molecule has 2 aromatic carbocycles. The van der Waals surface area contributed by atoms with Crippen molar-refractivity contribution in [1.82, 2.24) is 0 Å². The van der Waals surface area contributed by atoms with E-state index >= 15 is 0 Å². The summed E-state index contributed by atoms with van der Waals surface area (Å²) >= 11 is 0. The van der Waals surface area contributed by atoms with Crippen molar-refractivity contribution in [3.05, 3.63) is 47.5 Å². The van der Waals surface area contributed by atoms with Crippen LogP contribution in [0.4, 0.5) is 5.69 Å². The molecule has 0 radical (unpaired) electrons. The Morgan fingerprint density at radius 3 is 2.21 bits per heavy atom. The topological polar surface area (TPSA) is 94.1 Å². The minimum absolute atomic E-state index is 0.105. The first-order valence-corrected chi connectivity index (χ1v) is 6.95. The van der Waals surface area contributed by atoms with Gasteiger partial charge in [-0.15, -0.1) is 0 Å². The summed E-state index contributed by atoms with van der Waals surface area (Å²) in [6.07, 6.45) is 0. The van der Waals surface area contributed by atoms with Crippen molar-refractivity contribution < 1.29 is 28.9 Å². The molecule has 0 atom stereocenters. The largest absolute Gasteiger partial charge is 0.497 e. The summed E-state index contributed by atoms with van der Waals surface area (Å²) in [7, 11) is 4.32. The monoisotopic (exact) mass is 331 g/mol. The van der Waals surface area contributed by atoms with Gasteiger partial charge in [-0.2, -0.15) is 0 Å². The van der Waals surface area contributed by atoms with E-state index in [0.717, 1.165) is 0 Å². The minimum Gasteiger partial charge on any atom is -0.497 e. The van der Waals surface area contributed by atoms with Gasteiger partial charge in [0.2, 0.25) is 0 Å². The summed E-state index contributed by atoms with van der Waals surface area (Å²) in [5, 5.41) is 11.9. The Labute approximate surface area is 138 Å². The number of rotatable bonds is 6. The van der Waals surface area contributed by atoms with Crippen molar-refractivity contribution in [3.63, 3.8) is 0 Å². The van der Waals surface area contributed by atoms with E-state index in [-0.39, 0.29) is 17.0 Å². The molecule has 0 spiro atoms. The van der Waals surface area contributed by atoms with Crippen LogP contribution in [0.1, 0.15) is 20.7 Å². The van der Waals surface area contributed by atoms with Crippen LogP contribution in [0, 0.1) is 0 Å². The predicted molar refractivity (Wildman–Crippen MR) is 87.5 cm³/mol. The summed E-state index contributed by atoms with van der Waals surface area (Å²) < 4.78 is 15.3. The zero-order chi connectivity index (χ0) is 17.7. The van der Waals surface area contributed by atoms with Crippen LogP contribution < -0.4 is 19.5 Å². The molecule has 0 aliphatic rings. The van der Waals surface area contributed by atoms with Gasteiger partial charge in [0, 0.05) is 17.7 Å². The molecule has 24 heavy (non-hydrogen) atoms. The van der Waals surface area contributed by atoms with Gasteiger partial charge in [0.15, 0.2) is 11.5 Å². The number of carboxylic acids is 1. The molecule has 7 heteroatoms. The number of hydrogen-bond donors (Lipinski definition) is 2. The maximum atomic E-state index is 12.4. The van der Waals surface area contributed by atoms with Crippen molar-refractivity contribution in [3.8, 4) is 17.2 Å². The van der Waals surface area contributed by atoms with Crippen LogP contribution in [0.3, 0.4) is 0 Å². The maximum absolute atomic E-state index is 12.4. The summed E-state index contributed by atoms with van der Waals surface area (Å²) in [4.78, 5) is 23.8. The van der Waals surface area contributed by atoms with Crippen molar-refractivity contribution in [2.24, 2.45) is 0 Å². The van der Waals surface area contributed by atoms with Crippen molar-refractivity contribution >= 4 is 17.6 Å². The number of amides is 1. The van der Waals surface area contributed by atoms with Gasteiger partial charge in [0.25, 0.3) is 5.91 Å². The van der Waals surface area contributed by atoms with E-state index in [4.69, 9.17) is 14.2 Å². The third-order valence-corrected chi connectivity index (χ3v) is 3.33. The highest BCUT2D eigenvalue weighted by atomic mass is 16.5.